The Labute approximate surface area is 248 Å². The van der Waals surface area contributed by atoms with Crippen molar-refractivity contribution in [2.24, 2.45) is 5.41 Å². The lowest BCUT2D eigenvalue weighted by atomic mass is 9.93. The number of aromatic nitrogens is 2. The number of sulfonamides is 1. The number of pyridine rings is 2. The molecule has 3 fully saturated rings. The summed E-state index contributed by atoms with van der Waals surface area (Å²) in [6.07, 6.45) is 3.78. The first kappa shape index (κ1) is 29.3. The normalized spacial score (nSPS) is 19.4. The molecular formula is C29H35F2N7O4S. The molecule has 1 amide bonds. The fourth-order valence-electron chi connectivity index (χ4n) is 5.94. The fraction of sp³-hybridized carbons (Fsp3) is 0.483. The average Bonchev–Trinajstić information content (AvgIpc) is 3.71. The second kappa shape index (κ2) is 11.1. The molecule has 1 aliphatic carbocycles. The molecule has 11 nitrogen and oxygen atoms in total. The van der Waals surface area contributed by atoms with E-state index in [1.807, 2.05) is 0 Å². The maximum atomic E-state index is 13.9. The quantitative estimate of drug-likeness (QED) is 0.296. The van der Waals surface area contributed by atoms with Crippen LogP contribution in [0.3, 0.4) is 0 Å². The highest BCUT2D eigenvalue weighted by Gasteiger charge is 2.44. The number of carbonyl (C=O) groups is 1. The molecule has 3 aromatic rings. The van der Waals surface area contributed by atoms with Gasteiger partial charge in [-0.25, -0.2) is 27.2 Å². The van der Waals surface area contributed by atoms with E-state index in [1.165, 1.54) is 18.9 Å². The second-order valence-corrected chi connectivity index (χ2v) is 13.6. The Morgan fingerprint density at radius 2 is 1.65 bits per heavy atom. The Morgan fingerprint density at radius 3 is 2.33 bits per heavy atom. The molecular weight excluding hydrogens is 580 g/mol. The van der Waals surface area contributed by atoms with Gasteiger partial charge in [-0.3, -0.25) is 9.52 Å². The number of aliphatic hydroxyl groups excluding tert-OH is 1. The number of halogens is 2. The molecule has 0 atom stereocenters. The Kier molecular flexibility index (Phi) is 7.53. The third-order valence-corrected chi connectivity index (χ3v) is 9.98. The van der Waals surface area contributed by atoms with Crippen LogP contribution < -0.4 is 25.6 Å². The zero-order valence-corrected chi connectivity index (χ0v) is 24.5. The molecule has 6 rings (SSSR count). The van der Waals surface area contributed by atoms with Gasteiger partial charge in [0.1, 0.15) is 17.2 Å². The zero-order valence-electron chi connectivity index (χ0n) is 23.7. The molecule has 2 saturated heterocycles. The predicted octanol–water partition coefficient (Wildman–Crippen LogP) is 3.81. The minimum Gasteiger partial charge on any atom is -0.395 e. The summed E-state index contributed by atoms with van der Waals surface area (Å²) >= 11 is 0. The lowest BCUT2D eigenvalue weighted by Crippen LogP contribution is -2.40. The number of nitrogen functional groups attached to an aromatic ring is 1. The van der Waals surface area contributed by atoms with Gasteiger partial charge in [0.25, 0.3) is 11.8 Å². The van der Waals surface area contributed by atoms with Gasteiger partial charge in [-0.1, -0.05) is 0 Å². The fourth-order valence-corrected chi connectivity index (χ4v) is 6.77. The summed E-state index contributed by atoms with van der Waals surface area (Å²) in [4.78, 5) is 26.7. The second-order valence-electron chi connectivity index (χ2n) is 11.8. The van der Waals surface area contributed by atoms with Gasteiger partial charge in [-0.05, 0) is 67.5 Å². The molecule has 14 heteroatoms. The Hall–Kier alpha value is -3.78. The largest absolute Gasteiger partial charge is 0.395 e. The van der Waals surface area contributed by atoms with Crippen molar-refractivity contribution in [3.8, 4) is 0 Å². The topological polar surface area (TPSA) is 154 Å². The van der Waals surface area contributed by atoms with E-state index in [0.29, 0.717) is 39.1 Å². The number of fused-ring (bicyclic) bond motifs is 1. The lowest BCUT2D eigenvalue weighted by Gasteiger charge is -2.35. The molecule has 0 unspecified atom stereocenters. The van der Waals surface area contributed by atoms with E-state index < -0.39 is 34.2 Å². The average molecular weight is 616 g/mol. The molecule has 0 radical (unpaired) electrons. The van der Waals surface area contributed by atoms with Crippen molar-refractivity contribution in [1.29, 1.82) is 0 Å². The molecule has 4 heterocycles. The summed E-state index contributed by atoms with van der Waals surface area (Å²) in [6, 6.07) is 9.77. The minimum absolute atomic E-state index is 0.0806. The monoisotopic (exact) mass is 615 g/mol. The third kappa shape index (κ3) is 6.44. The van der Waals surface area contributed by atoms with Crippen LogP contribution in [0.1, 0.15) is 48.9 Å². The number of rotatable bonds is 8. The first-order valence-corrected chi connectivity index (χ1v) is 16.1. The summed E-state index contributed by atoms with van der Waals surface area (Å²) in [5.74, 6) is -2.77. The van der Waals surface area contributed by atoms with Gasteiger partial charge >= 0.3 is 0 Å². The van der Waals surface area contributed by atoms with E-state index in [0.717, 1.165) is 25.9 Å². The number of nitrogens with zero attached hydrogens (tertiary/aromatic N) is 4. The number of nitrogens with one attached hydrogen (secondary N) is 2. The number of nitrogens with two attached hydrogens (primary N) is 1. The number of anilines is 5. The maximum Gasteiger partial charge on any atom is 0.258 e. The Balaban J connectivity index is 1.32. The minimum atomic E-state index is -3.76. The van der Waals surface area contributed by atoms with Crippen LogP contribution in [0.4, 0.5) is 37.6 Å². The Bertz CT molecular complexity index is 1650. The van der Waals surface area contributed by atoms with Crippen molar-refractivity contribution in [3.63, 3.8) is 0 Å². The van der Waals surface area contributed by atoms with Gasteiger partial charge in [-0.15, -0.1) is 0 Å². The summed E-state index contributed by atoms with van der Waals surface area (Å²) < 4.78 is 55.0. The molecule has 5 N–H and O–H groups in total. The van der Waals surface area contributed by atoms with Gasteiger partial charge < -0.3 is 26.0 Å². The van der Waals surface area contributed by atoms with Crippen molar-refractivity contribution in [3.05, 3.63) is 42.0 Å². The number of benzene rings is 1. The van der Waals surface area contributed by atoms with Crippen LogP contribution in [0.2, 0.25) is 0 Å². The molecule has 2 aliphatic heterocycles. The van der Waals surface area contributed by atoms with Crippen LogP contribution >= 0.6 is 0 Å². The number of piperidine rings is 2. The summed E-state index contributed by atoms with van der Waals surface area (Å²) in [5.41, 5.74) is 8.01. The SMILES string of the molecule is Nc1ccc2cc(NC(=O)c3ccc(NS(=O)(=O)CCO)cc3N3CCC4(CC3)CC4)nc(N3CCC(F)(F)CC3)c2n1. The number of hydrogen-bond donors (Lipinski definition) is 4. The van der Waals surface area contributed by atoms with Crippen molar-refractivity contribution in [2.45, 2.75) is 44.4 Å². The molecule has 230 valence electrons. The van der Waals surface area contributed by atoms with Crippen molar-refractivity contribution < 1.29 is 27.1 Å². The Morgan fingerprint density at radius 1 is 0.953 bits per heavy atom. The number of hydrogen-bond acceptors (Lipinski definition) is 9. The van der Waals surface area contributed by atoms with Crippen LogP contribution in [0.15, 0.2) is 36.4 Å². The van der Waals surface area contributed by atoms with Crippen LogP contribution in [0, 0.1) is 5.41 Å². The molecule has 3 aliphatic rings. The molecule has 0 bridgehead atoms. The maximum absolute atomic E-state index is 13.9. The number of aliphatic hydroxyl groups is 1. The molecule has 2 aromatic heterocycles. The molecule has 1 saturated carbocycles. The van der Waals surface area contributed by atoms with E-state index in [4.69, 9.17) is 10.8 Å². The van der Waals surface area contributed by atoms with Gasteiger partial charge in [0.15, 0.2) is 5.82 Å². The van der Waals surface area contributed by atoms with Crippen LogP contribution in [0.25, 0.3) is 10.9 Å². The summed E-state index contributed by atoms with van der Waals surface area (Å²) in [6.45, 7) is 1.12. The first-order chi connectivity index (χ1) is 20.4. The highest BCUT2D eigenvalue weighted by molar-refractivity contribution is 7.92. The number of alkyl halides is 2. The van der Waals surface area contributed by atoms with Gasteiger partial charge in [0, 0.05) is 44.4 Å². The van der Waals surface area contributed by atoms with Gasteiger partial charge in [0.2, 0.25) is 10.0 Å². The lowest BCUT2D eigenvalue weighted by molar-refractivity contribution is -0.0221. The zero-order chi connectivity index (χ0) is 30.4. The highest BCUT2D eigenvalue weighted by atomic mass is 32.2. The smallest absolute Gasteiger partial charge is 0.258 e. The van der Waals surface area contributed by atoms with Crippen LogP contribution in [-0.4, -0.2) is 73.9 Å². The van der Waals surface area contributed by atoms with Crippen molar-refractivity contribution in [1.82, 2.24) is 9.97 Å². The standard InChI is InChI=1S/C29H35F2N7O4S/c30-29(31)9-13-38(14-10-29)26-25-19(1-4-23(32)33-25)17-24(34-26)35-27(40)21-3-2-20(36-43(41,42)16-15-39)18-22(21)37-11-7-28(5-6-28)8-12-37/h1-4,17-18,36,39H,5-16H2,(H2,32,33)(H,34,35,40). The van der Waals surface area contributed by atoms with Crippen molar-refractivity contribution >= 4 is 55.7 Å². The summed E-state index contributed by atoms with van der Waals surface area (Å²) in [7, 11) is -3.76. The van der Waals surface area contributed by atoms with Crippen molar-refractivity contribution in [2.75, 3.05) is 64.1 Å². The molecule has 43 heavy (non-hydrogen) atoms. The van der Waals surface area contributed by atoms with Crippen LogP contribution in [-0.2, 0) is 10.0 Å². The van der Waals surface area contributed by atoms with E-state index in [-0.39, 0.29) is 37.6 Å². The van der Waals surface area contributed by atoms with Gasteiger partial charge in [0.05, 0.1) is 29.3 Å². The summed E-state index contributed by atoms with van der Waals surface area (Å²) in [5, 5.41) is 12.6. The van der Waals surface area contributed by atoms with E-state index in [2.05, 4.69) is 24.9 Å². The number of amides is 1. The van der Waals surface area contributed by atoms with Crippen LogP contribution in [0.5, 0.6) is 0 Å². The molecule has 1 aromatic carbocycles. The van der Waals surface area contributed by atoms with E-state index >= 15 is 0 Å². The van der Waals surface area contributed by atoms with E-state index in [9.17, 15) is 22.0 Å². The first-order valence-electron chi connectivity index (χ1n) is 14.5. The van der Waals surface area contributed by atoms with E-state index in [1.54, 1.807) is 35.2 Å². The third-order valence-electron chi connectivity index (χ3n) is 8.71. The highest BCUT2D eigenvalue weighted by Crippen LogP contribution is 2.54. The molecule has 1 spiro atoms. The predicted molar refractivity (Wildman–Crippen MR) is 162 cm³/mol. The van der Waals surface area contributed by atoms with Gasteiger partial charge in [-0.2, -0.15) is 0 Å². The number of carbonyl (C=O) groups excluding carboxylic acids is 1.